The lowest BCUT2D eigenvalue weighted by molar-refractivity contribution is -0.115. The van der Waals surface area contributed by atoms with Crippen molar-refractivity contribution in [2.75, 3.05) is 23.9 Å². The molecule has 0 bridgehead atoms. The van der Waals surface area contributed by atoms with Crippen molar-refractivity contribution in [3.8, 4) is 5.75 Å². The molecule has 1 aromatic heterocycles. The number of nitrogen functional groups attached to an aromatic ring is 1. The smallest absolute Gasteiger partial charge is 0.225 e. The van der Waals surface area contributed by atoms with Crippen molar-refractivity contribution in [1.82, 2.24) is 20.2 Å². The van der Waals surface area contributed by atoms with E-state index < -0.39 is 0 Å². The van der Waals surface area contributed by atoms with Gasteiger partial charge in [0.2, 0.25) is 11.1 Å². The van der Waals surface area contributed by atoms with Gasteiger partial charge in [0, 0.05) is 24.9 Å². The van der Waals surface area contributed by atoms with Gasteiger partial charge in [-0.3, -0.25) is 4.79 Å². The number of thioether (sulfide) groups is 1. The Bertz CT molecular complexity index is 630. The number of carbonyl (C=O) groups excluding carboxylic acids is 1. The van der Waals surface area contributed by atoms with Crippen LogP contribution in [0.3, 0.4) is 0 Å². The van der Waals surface area contributed by atoms with Gasteiger partial charge in [-0.25, -0.2) is 4.68 Å². The van der Waals surface area contributed by atoms with Gasteiger partial charge in [-0.05, 0) is 28.6 Å². The Kier molecular flexibility index (Phi) is 4.99. The second-order valence-electron chi connectivity index (χ2n) is 4.19. The standard InChI is InChI=1S/C12H16N6O2S/c1-18-12(15-16-17-18)21-6-5-11(19)14-9-7-8(13)3-4-10(9)20-2/h3-4,7H,5-6,13H2,1-2H3,(H,14,19). The Morgan fingerprint density at radius 2 is 2.33 bits per heavy atom. The predicted octanol–water partition coefficient (Wildman–Crippen LogP) is 0.922. The first kappa shape index (κ1) is 15.1. The molecule has 0 atom stereocenters. The molecule has 0 saturated carbocycles. The lowest BCUT2D eigenvalue weighted by Crippen LogP contribution is -2.13. The minimum absolute atomic E-state index is 0.124. The molecule has 0 radical (unpaired) electrons. The zero-order chi connectivity index (χ0) is 15.2. The van der Waals surface area contributed by atoms with Gasteiger partial charge in [0.15, 0.2) is 0 Å². The van der Waals surface area contributed by atoms with E-state index in [2.05, 4.69) is 20.8 Å². The predicted molar refractivity (Wildman–Crippen MR) is 80.2 cm³/mol. The number of nitrogens with zero attached hydrogens (tertiary/aromatic N) is 4. The van der Waals surface area contributed by atoms with E-state index >= 15 is 0 Å². The molecule has 0 aliphatic carbocycles. The number of amides is 1. The summed E-state index contributed by atoms with van der Waals surface area (Å²) in [4.78, 5) is 11.9. The van der Waals surface area contributed by atoms with Crippen LogP contribution in [0.1, 0.15) is 6.42 Å². The third-order valence-corrected chi connectivity index (χ3v) is 3.65. The topological polar surface area (TPSA) is 108 Å². The Hall–Kier alpha value is -2.29. The molecule has 1 heterocycles. The van der Waals surface area contributed by atoms with Crippen molar-refractivity contribution in [3.63, 3.8) is 0 Å². The monoisotopic (exact) mass is 308 g/mol. The van der Waals surface area contributed by atoms with E-state index in [4.69, 9.17) is 10.5 Å². The average molecular weight is 308 g/mol. The number of carbonyl (C=O) groups is 1. The van der Waals surface area contributed by atoms with Gasteiger partial charge in [-0.2, -0.15) is 0 Å². The van der Waals surface area contributed by atoms with Crippen molar-refractivity contribution >= 4 is 29.0 Å². The van der Waals surface area contributed by atoms with Crippen molar-refractivity contribution in [2.24, 2.45) is 7.05 Å². The molecule has 112 valence electrons. The number of tetrazole rings is 1. The van der Waals surface area contributed by atoms with Gasteiger partial charge in [0.05, 0.1) is 12.8 Å². The van der Waals surface area contributed by atoms with Crippen LogP contribution in [0, 0.1) is 0 Å². The summed E-state index contributed by atoms with van der Waals surface area (Å²) in [6, 6.07) is 5.09. The lowest BCUT2D eigenvalue weighted by atomic mass is 10.2. The molecule has 9 heteroatoms. The summed E-state index contributed by atoms with van der Waals surface area (Å²) < 4.78 is 6.73. The molecular formula is C12H16N6O2S. The average Bonchev–Trinajstić information content (AvgIpc) is 2.85. The summed E-state index contributed by atoms with van der Waals surface area (Å²) in [6.45, 7) is 0. The number of nitrogens with one attached hydrogen (secondary N) is 1. The van der Waals surface area contributed by atoms with Crippen LogP contribution in [0.25, 0.3) is 0 Å². The number of anilines is 2. The minimum atomic E-state index is -0.124. The van der Waals surface area contributed by atoms with Crippen LogP contribution in [0.5, 0.6) is 5.75 Å². The van der Waals surface area contributed by atoms with Crippen LogP contribution >= 0.6 is 11.8 Å². The molecule has 0 aliphatic rings. The van der Waals surface area contributed by atoms with E-state index in [1.165, 1.54) is 18.9 Å². The summed E-state index contributed by atoms with van der Waals surface area (Å²) >= 11 is 1.42. The Morgan fingerprint density at radius 1 is 1.52 bits per heavy atom. The highest BCUT2D eigenvalue weighted by atomic mass is 32.2. The van der Waals surface area contributed by atoms with Crippen molar-refractivity contribution < 1.29 is 9.53 Å². The zero-order valence-corrected chi connectivity index (χ0v) is 12.6. The molecule has 1 aromatic carbocycles. The van der Waals surface area contributed by atoms with Crippen LogP contribution in [-0.4, -0.2) is 39.0 Å². The minimum Gasteiger partial charge on any atom is -0.495 e. The van der Waals surface area contributed by atoms with E-state index in [1.807, 2.05) is 0 Å². The summed E-state index contributed by atoms with van der Waals surface area (Å²) in [5.74, 6) is 1.02. The SMILES string of the molecule is COc1ccc(N)cc1NC(=O)CCSc1nnnn1C. The largest absolute Gasteiger partial charge is 0.495 e. The fourth-order valence-corrected chi connectivity index (χ4v) is 2.40. The molecule has 2 rings (SSSR count). The number of hydrogen-bond donors (Lipinski definition) is 2. The third kappa shape index (κ3) is 4.09. The second-order valence-corrected chi connectivity index (χ2v) is 5.25. The van der Waals surface area contributed by atoms with E-state index in [0.717, 1.165) is 0 Å². The molecule has 3 N–H and O–H groups in total. The van der Waals surface area contributed by atoms with Crippen molar-refractivity contribution in [3.05, 3.63) is 18.2 Å². The van der Waals surface area contributed by atoms with E-state index in [9.17, 15) is 4.79 Å². The van der Waals surface area contributed by atoms with Gasteiger partial charge in [-0.1, -0.05) is 11.8 Å². The molecule has 0 fully saturated rings. The van der Waals surface area contributed by atoms with Crippen LogP contribution in [0.15, 0.2) is 23.4 Å². The van der Waals surface area contributed by atoms with Gasteiger partial charge in [0.1, 0.15) is 5.75 Å². The van der Waals surface area contributed by atoms with Crippen LogP contribution in [-0.2, 0) is 11.8 Å². The summed E-state index contributed by atoms with van der Waals surface area (Å²) in [5.41, 5.74) is 6.83. The Morgan fingerprint density at radius 3 is 3.00 bits per heavy atom. The maximum atomic E-state index is 11.9. The fraction of sp³-hybridized carbons (Fsp3) is 0.333. The summed E-state index contributed by atoms with van der Waals surface area (Å²) in [5, 5.41) is 14.5. The quantitative estimate of drug-likeness (QED) is 0.603. The summed E-state index contributed by atoms with van der Waals surface area (Å²) in [7, 11) is 3.29. The van der Waals surface area contributed by atoms with E-state index in [-0.39, 0.29) is 5.91 Å². The van der Waals surface area contributed by atoms with E-state index in [1.54, 1.807) is 29.9 Å². The number of benzene rings is 1. The van der Waals surface area contributed by atoms with Crippen molar-refractivity contribution in [1.29, 1.82) is 0 Å². The van der Waals surface area contributed by atoms with Gasteiger partial charge >= 0.3 is 0 Å². The highest BCUT2D eigenvalue weighted by molar-refractivity contribution is 7.99. The van der Waals surface area contributed by atoms with Crippen LogP contribution in [0.4, 0.5) is 11.4 Å². The fourth-order valence-electron chi connectivity index (χ4n) is 1.61. The van der Waals surface area contributed by atoms with Crippen LogP contribution in [0.2, 0.25) is 0 Å². The first-order valence-electron chi connectivity index (χ1n) is 6.18. The Labute approximate surface area is 126 Å². The molecule has 0 saturated heterocycles. The molecule has 0 aliphatic heterocycles. The molecule has 8 nitrogen and oxygen atoms in total. The number of nitrogens with two attached hydrogens (primary N) is 1. The number of aryl methyl sites for hydroxylation is 1. The van der Waals surface area contributed by atoms with Crippen LogP contribution < -0.4 is 15.8 Å². The first-order chi connectivity index (χ1) is 10.1. The zero-order valence-electron chi connectivity index (χ0n) is 11.7. The van der Waals surface area contributed by atoms with Crippen molar-refractivity contribution in [2.45, 2.75) is 11.6 Å². The van der Waals surface area contributed by atoms with Gasteiger partial charge < -0.3 is 15.8 Å². The Balaban J connectivity index is 1.87. The second kappa shape index (κ2) is 6.93. The summed E-state index contributed by atoms with van der Waals surface area (Å²) in [6.07, 6.45) is 0.329. The lowest BCUT2D eigenvalue weighted by Gasteiger charge is -2.10. The normalized spacial score (nSPS) is 10.4. The number of methoxy groups -OCH3 is 1. The van der Waals surface area contributed by atoms with Gasteiger partial charge in [0.25, 0.3) is 0 Å². The molecular weight excluding hydrogens is 292 g/mol. The molecule has 1 amide bonds. The molecule has 21 heavy (non-hydrogen) atoms. The highest BCUT2D eigenvalue weighted by Gasteiger charge is 2.09. The van der Waals surface area contributed by atoms with Gasteiger partial charge in [-0.15, -0.1) is 5.10 Å². The third-order valence-electron chi connectivity index (χ3n) is 2.64. The van der Waals surface area contributed by atoms with E-state index in [0.29, 0.717) is 34.5 Å². The maximum Gasteiger partial charge on any atom is 0.225 e. The molecule has 2 aromatic rings. The number of aromatic nitrogens is 4. The number of hydrogen-bond acceptors (Lipinski definition) is 7. The number of ether oxygens (including phenoxy) is 1. The first-order valence-corrected chi connectivity index (χ1v) is 7.17. The highest BCUT2D eigenvalue weighted by Crippen LogP contribution is 2.26. The maximum absolute atomic E-state index is 11.9. The molecule has 0 unspecified atom stereocenters. The molecule has 0 spiro atoms. The number of rotatable bonds is 6.